The van der Waals surface area contributed by atoms with Gasteiger partial charge >= 0.3 is 0 Å². The normalized spacial score (nSPS) is 18.8. The molecule has 0 amide bonds. The Labute approximate surface area is 101 Å². The Bertz CT molecular complexity index is 342. The molecule has 1 fully saturated rings. The number of benzene rings is 1. The predicted molar refractivity (Wildman–Crippen MR) is 65.0 cm³/mol. The van der Waals surface area contributed by atoms with Crippen LogP contribution in [0.5, 0.6) is 0 Å². The van der Waals surface area contributed by atoms with Crippen LogP contribution < -0.4 is 5.73 Å². The Morgan fingerprint density at radius 3 is 2.18 bits per heavy atom. The molecule has 1 atom stereocenters. The highest BCUT2D eigenvalue weighted by atomic mass is 19.3. The summed E-state index contributed by atoms with van der Waals surface area (Å²) in [5, 5.41) is 0. The van der Waals surface area contributed by atoms with E-state index >= 15 is 0 Å². The second kappa shape index (κ2) is 5.58. The summed E-state index contributed by atoms with van der Waals surface area (Å²) < 4.78 is 26.4. The van der Waals surface area contributed by atoms with Crippen LogP contribution in [0, 0.1) is 5.92 Å². The molecule has 0 bridgehead atoms. The Balaban J connectivity index is 2.19. The Morgan fingerprint density at radius 1 is 1.12 bits per heavy atom. The molecule has 2 rings (SSSR count). The molecule has 2 N–H and O–H groups in total. The maximum absolute atomic E-state index is 13.2. The van der Waals surface area contributed by atoms with Crippen LogP contribution in [-0.2, 0) is 6.54 Å². The fraction of sp³-hybridized carbons (Fsp3) is 0.571. The van der Waals surface area contributed by atoms with Gasteiger partial charge in [0.15, 0.2) is 0 Å². The minimum absolute atomic E-state index is 0.152. The van der Waals surface area contributed by atoms with Crippen molar-refractivity contribution in [3.05, 3.63) is 35.4 Å². The van der Waals surface area contributed by atoms with E-state index < -0.39 is 12.3 Å². The highest BCUT2D eigenvalue weighted by Gasteiger charge is 2.32. The lowest BCUT2D eigenvalue weighted by Crippen LogP contribution is -2.18. The second-order valence-corrected chi connectivity index (χ2v) is 4.85. The predicted octanol–water partition coefficient (Wildman–Crippen LogP) is 3.68. The van der Waals surface area contributed by atoms with Gasteiger partial charge < -0.3 is 5.73 Å². The van der Waals surface area contributed by atoms with Crippen LogP contribution >= 0.6 is 0 Å². The molecule has 0 saturated heterocycles. The van der Waals surface area contributed by atoms with Gasteiger partial charge in [-0.1, -0.05) is 37.1 Å². The molecule has 0 radical (unpaired) electrons. The van der Waals surface area contributed by atoms with Crippen molar-refractivity contribution in [3.8, 4) is 0 Å². The monoisotopic (exact) mass is 239 g/mol. The van der Waals surface area contributed by atoms with Gasteiger partial charge in [0.25, 0.3) is 0 Å². The standard InChI is InChI=1S/C14H19F2N/c15-14(16)13(11-3-1-2-4-11)12-7-5-10(9-17)6-8-12/h5-8,11,13-14H,1-4,9,17H2. The third-order valence-corrected chi connectivity index (χ3v) is 3.78. The third kappa shape index (κ3) is 2.83. The maximum Gasteiger partial charge on any atom is 0.245 e. The number of nitrogens with two attached hydrogens (primary N) is 1. The summed E-state index contributed by atoms with van der Waals surface area (Å²) in [4.78, 5) is 0. The second-order valence-electron chi connectivity index (χ2n) is 4.85. The fourth-order valence-corrected chi connectivity index (χ4v) is 2.82. The van der Waals surface area contributed by atoms with Gasteiger partial charge in [0.2, 0.25) is 6.43 Å². The largest absolute Gasteiger partial charge is 0.326 e. The molecular weight excluding hydrogens is 220 g/mol. The highest BCUT2D eigenvalue weighted by Crippen LogP contribution is 2.40. The third-order valence-electron chi connectivity index (χ3n) is 3.78. The van der Waals surface area contributed by atoms with E-state index in [1.54, 1.807) is 0 Å². The van der Waals surface area contributed by atoms with Gasteiger partial charge in [0, 0.05) is 12.5 Å². The molecule has 1 aromatic rings. The number of hydrogen-bond acceptors (Lipinski definition) is 1. The van der Waals surface area contributed by atoms with Crippen molar-refractivity contribution >= 4 is 0 Å². The van der Waals surface area contributed by atoms with Crippen molar-refractivity contribution in [2.75, 3.05) is 0 Å². The van der Waals surface area contributed by atoms with E-state index in [4.69, 9.17) is 5.73 Å². The van der Waals surface area contributed by atoms with E-state index in [-0.39, 0.29) is 5.92 Å². The van der Waals surface area contributed by atoms with Gasteiger partial charge in [-0.05, 0) is 29.9 Å². The summed E-state index contributed by atoms with van der Waals surface area (Å²) in [6, 6.07) is 7.36. The highest BCUT2D eigenvalue weighted by molar-refractivity contribution is 5.26. The van der Waals surface area contributed by atoms with Crippen molar-refractivity contribution in [2.45, 2.75) is 44.6 Å². The van der Waals surface area contributed by atoms with Crippen molar-refractivity contribution in [2.24, 2.45) is 11.7 Å². The van der Waals surface area contributed by atoms with Gasteiger partial charge in [0.05, 0.1) is 0 Å². The van der Waals surface area contributed by atoms with Crippen LogP contribution in [0.4, 0.5) is 8.78 Å². The summed E-state index contributed by atoms with van der Waals surface area (Å²) in [6.45, 7) is 0.461. The van der Waals surface area contributed by atoms with Crippen molar-refractivity contribution < 1.29 is 8.78 Å². The summed E-state index contributed by atoms with van der Waals surface area (Å²) >= 11 is 0. The number of rotatable bonds is 4. The fourth-order valence-electron chi connectivity index (χ4n) is 2.82. The molecule has 3 heteroatoms. The molecule has 1 aliphatic rings. The molecule has 1 unspecified atom stereocenters. The zero-order valence-electron chi connectivity index (χ0n) is 9.91. The molecule has 1 nitrogen and oxygen atoms in total. The number of halogens is 2. The molecule has 0 aromatic heterocycles. The Kier molecular flexibility index (Phi) is 4.11. The van der Waals surface area contributed by atoms with Crippen molar-refractivity contribution in [3.63, 3.8) is 0 Å². The summed E-state index contributed by atoms with van der Waals surface area (Å²) in [5.74, 6) is -0.442. The zero-order valence-corrected chi connectivity index (χ0v) is 9.91. The summed E-state index contributed by atoms with van der Waals surface area (Å²) in [7, 11) is 0. The molecule has 0 spiro atoms. The summed E-state index contributed by atoms with van der Waals surface area (Å²) in [5.41, 5.74) is 7.27. The van der Waals surface area contributed by atoms with E-state index in [0.717, 1.165) is 36.8 Å². The lowest BCUT2D eigenvalue weighted by molar-refractivity contribution is 0.0868. The van der Waals surface area contributed by atoms with E-state index in [1.807, 2.05) is 24.3 Å². The van der Waals surface area contributed by atoms with Gasteiger partial charge in [-0.3, -0.25) is 0 Å². The van der Waals surface area contributed by atoms with Gasteiger partial charge in [-0.15, -0.1) is 0 Å². The molecule has 94 valence electrons. The first kappa shape index (κ1) is 12.5. The average molecular weight is 239 g/mol. The van der Waals surface area contributed by atoms with Crippen LogP contribution in [0.1, 0.15) is 42.7 Å². The van der Waals surface area contributed by atoms with E-state index in [1.165, 1.54) is 0 Å². The van der Waals surface area contributed by atoms with Crippen LogP contribution in [0.2, 0.25) is 0 Å². The first-order valence-corrected chi connectivity index (χ1v) is 6.29. The van der Waals surface area contributed by atoms with E-state index in [9.17, 15) is 8.78 Å². The first-order valence-electron chi connectivity index (χ1n) is 6.29. The van der Waals surface area contributed by atoms with E-state index in [0.29, 0.717) is 6.54 Å². The lowest BCUT2D eigenvalue weighted by Gasteiger charge is -2.23. The molecule has 17 heavy (non-hydrogen) atoms. The van der Waals surface area contributed by atoms with Crippen LogP contribution in [0.15, 0.2) is 24.3 Å². The molecule has 1 aliphatic carbocycles. The minimum Gasteiger partial charge on any atom is -0.326 e. The Morgan fingerprint density at radius 2 is 1.71 bits per heavy atom. The SMILES string of the molecule is NCc1ccc(C(C(F)F)C2CCCC2)cc1. The van der Waals surface area contributed by atoms with Gasteiger partial charge in [0.1, 0.15) is 0 Å². The van der Waals surface area contributed by atoms with Crippen LogP contribution in [0.3, 0.4) is 0 Å². The van der Waals surface area contributed by atoms with Crippen molar-refractivity contribution in [1.82, 2.24) is 0 Å². The first-order chi connectivity index (χ1) is 8.22. The molecular formula is C14H19F2N. The van der Waals surface area contributed by atoms with Gasteiger partial charge in [-0.2, -0.15) is 0 Å². The minimum atomic E-state index is -2.26. The number of alkyl halides is 2. The number of hydrogen-bond donors (Lipinski definition) is 1. The molecule has 1 aromatic carbocycles. The Hall–Kier alpha value is -0.960. The summed E-state index contributed by atoms with van der Waals surface area (Å²) in [6.07, 6.45) is 1.80. The topological polar surface area (TPSA) is 26.0 Å². The van der Waals surface area contributed by atoms with E-state index in [2.05, 4.69) is 0 Å². The van der Waals surface area contributed by atoms with Crippen molar-refractivity contribution in [1.29, 1.82) is 0 Å². The smallest absolute Gasteiger partial charge is 0.245 e. The van der Waals surface area contributed by atoms with Crippen LogP contribution in [0.25, 0.3) is 0 Å². The lowest BCUT2D eigenvalue weighted by atomic mass is 9.85. The molecule has 1 saturated carbocycles. The molecule has 0 heterocycles. The molecule has 0 aliphatic heterocycles. The zero-order chi connectivity index (χ0) is 12.3. The quantitative estimate of drug-likeness (QED) is 0.852. The maximum atomic E-state index is 13.2. The van der Waals surface area contributed by atoms with Gasteiger partial charge in [-0.25, -0.2) is 8.78 Å². The average Bonchev–Trinajstić information content (AvgIpc) is 2.83. The van der Waals surface area contributed by atoms with Crippen LogP contribution in [-0.4, -0.2) is 6.43 Å².